The van der Waals surface area contributed by atoms with E-state index in [2.05, 4.69) is 15.0 Å². The van der Waals surface area contributed by atoms with Crippen molar-refractivity contribution in [3.63, 3.8) is 0 Å². The summed E-state index contributed by atoms with van der Waals surface area (Å²) < 4.78 is 12.8. The van der Waals surface area contributed by atoms with Gasteiger partial charge in [0.15, 0.2) is 5.65 Å². The third kappa shape index (κ3) is 1.09. The molecule has 13 heavy (non-hydrogen) atoms. The number of H-pyrrole nitrogens is 1. The zero-order valence-corrected chi connectivity index (χ0v) is 6.92. The average molecular weight is 177 g/mol. The summed E-state index contributed by atoms with van der Waals surface area (Å²) in [6.45, 7) is 0. The summed E-state index contributed by atoms with van der Waals surface area (Å²) in [4.78, 5) is 11.3. The van der Waals surface area contributed by atoms with E-state index >= 15 is 0 Å². The maximum atomic E-state index is 12.8. The first-order chi connectivity index (χ1) is 6.33. The number of aromatic nitrogens is 3. The standard InChI is InChI=1S/C9H8FN3/c10-6-3-7-9(11-4-6)13-8(12-7)5-1-2-5/h3-5H,1-2H2,(H,11,12,13). The SMILES string of the molecule is Fc1cnc2nc(C3CC3)[nH]c2c1. The molecule has 0 spiro atoms. The summed E-state index contributed by atoms with van der Waals surface area (Å²) in [5, 5.41) is 0. The maximum Gasteiger partial charge on any atom is 0.177 e. The Labute approximate surface area is 74.0 Å². The van der Waals surface area contributed by atoms with Crippen molar-refractivity contribution in [1.29, 1.82) is 0 Å². The van der Waals surface area contributed by atoms with Gasteiger partial charge in [-0.25, -0.2) is 14.4 Å². The van der Waals surface area contributed by atoms with Crippen molar-refractivity contribution in [2.24, 2.45) is 0 Å². The summed E-state index contributed by atoms with van der Waals surface area (Å²) in [6.07, 6.45) is 3.56. The van der Waals surface area contributed by atoms with E-state index in [1.807, 2.05) is 0 Å². The maximum absolute atomic E-state index is 12.8. The minimum atomic E-state index is -0.321. The number of nitrogens with zero attached hydrogens (tertiary/aromatic N) is 2. The molecule has 1 aliphatic carbocycles. The molecule has 2 aromatic heterocycles. The van der Waals surface area contributed by atoms with Crippen molar-refractivity contribution in [1.82, 2.24) is 15.0 Å². The Morgan fingerprint density at radius 2 is 2.31 bits per heavy atom. The second-order valence-electron chi connectivity index (χ2n) is 3.42. The van der Waals surface area contributed by atoms with Gasteiger partial charge in [-0.15, -0.1) is 0 Å². The van der Waals surface area contributed by atoms with Crippen molar-refractivity contribution in [3.8, 4) is 0 Å². The van der Waals surface area contributed by atoms with Gasteiger partial charge in [-0.1, -0.05) is 0 Å². The molecule has 0 radical (unpaired) electrons. The Morgan fingerprint density at radius 3 is 3.08 bits per heavy atom. The van der Waals surface area contributed by atoms with E-state index in [0.29, 0.717) is 17.1 Å². The lowest BCUT2D eigenvalue weighted by Crippen LogP contribution is -1.80. The zero-order valence-electron chi connectivity index (χ0n) is 6.92. The number of hydrogen-bond acceptors (Lipinski definition) is 2. The van der Waals surface area contributed by atoms with E-state index in [1.54, 1.807) is 0 Å². The van der Waals surface area contributed by atoms with Gasteiger partial charge in [0.2, 0.25) is 0 Å². The van der Waals surface area contributed by atoms with Crippen LogP contribution in [0.3, 0.4) is 0 Å². The second-order valence-corrected chi connectivity index (χ2v) is 3.42. The van der Waals surface area contributed by atoms with Crippen LogP contribution in [0.25, 0.3) is 11.2 Å². The van der Waals surface area contributed by atoms with Gasteiger partial charge in [0.25, 0.3) is 0 Å². The Hall–Kier alpha value is -1.45. The van der Waals surface area contributed by atoms with Crippen molar-refractivity contribution in [3.05, 3.63) is 23.9 Å². The van der Waals surface area contributed by atoms with Crippen LogP contribution in [-0.4, -0.2) is 15.0 Å². The highest BCUT2D eigenvalue weighted by Crippen LogP contribution is 2.38. The Bertz CT molecular complexity index is 459. The van der Waals surface area contributed by atoms with Gasteiger partial charge in [0.05, 0.1) is 11.7 Å². The molecule has 0 atom stereocenters. The summed E-state index contributed by atoms with van der Waals surface area (Å²) in [5.74, 6) is 1.18. The predicted octanol–water partition coefficient (Wildman–Crippen LogP) is 1.97. The number of nitrogens with one attached hydrogen (secondary N) is 1. The van der Waals surface area contributed by atoms with Crippen LogP contribution in [0.15, 0.2) is 12.3 Å². The van der Waals surface area contributed by atoms with Crippen LogP contribution < -0.4 is 0 Å². The summed E-state index contributed by atoms with van der Waals surface area (Å²) in [6, 6.07) is 1.43. The molecule has 0 bridgehead atoms. The van der Waals surface area contributed by atoms with Crippen molar-refractivity contribution < 1.29 is 4.39 Å². The smallest absolute Gasteiger partial charge is 0.177 e. The van der Waals surface area contributed by atoms with E-state index in [1.165, 1.54) is 25.1 Å². The molecule has 3 rings (SSSR count). The fourth-order valence-electron chi connectivity index (χ4n) is 1.44. The molecule has 2 heterocycles. The van der Waals surface area contributed by atoms with Crippen LogP contribution in [0.2, 0.25) is 0 Å². The Morgan fingerprint density at radius 1 is 1.46 bits per heavy atom. The largest absolute Gasteiger partial charge is 0.340 e. The summed E-state index contributed by atoms with van der Waals surface area (Å²) in [7, 11) is 0. The normalized spacial score (nSPS) is 16.7. The van der Waals surface area contributed by atoms with E-state index in [4.69, 9.17) is 0 Å². The molecule has 0 aliphatic heterocycles. The van der Waals surface area contributed by atoms with E-state index in [9.17, 15) is 4.39 Å². The fraction of sp³-hybridized carbons (Fsp3) is 0.333. The highest BCUT2D eigenvalue weighted by molar-refractivity contribution is 5.70. The molecular weight excluding hydrogens is 169 g/mol. The Kier molecular flexibility index (Phi) is 1.23. The summed E-state index contributed by atoms with van der Waals surface area (Å²) in [5.41, 5.74) is 1.31. The average Bonchev–Trinajstić information content (AvgIpc) is 2.87. The number of aromatic amines is 1. The second kappa shape index (κ2) is 2.28. The van der Waals surface area contributed by atoms with Crippen molar-refractivity contribution >= 4 is 11.2 Å². The van der Waals surface area contributed by atoms with Crippen LogP contribution >= 0.6 is 0 Å². The van der Waals surface area contributed by atoms with E-state index in [0.717, 1.165) is 5.82 Å². The van der Waals surface area contributed by atoms with Gasteiger partial charge in [-0.3, -0.25) is 0 Å². The van der Waals surface area contributed by atoms with Crippen LogP contribution in [0.4, 0.5) is 4.39 Å². The third-order valence-corrected chi connectivity index (χ3v) is 2.29. The Balaban J connectivity index is 2.20. The molecule has 0 aromatic carbocycles. The van der Waals surface area contributed by atoms with Gasteiger partial charge in [-0.2, -0.15) is 0 Å². The molecule has 66 valence electrons. The molecule has 3 nitrogen and oxygen atoms in total. The molecule has 0 amide bonds. The van der Waals surface area contributed by atoms with Gasteiger partial charge < -0.3 is 4.98 Å². The first-order valence-electron chi connectivity index (χ1n) is 4.34. The van der Waals surface area contributed by atoms with Crippen LogP contribution in [0.5, 0.6) is 0 Å². The molecule has 4 heteroatoms. The fourth-order valence-corrected chi connectivity index (χ4v) is 1.44. The van der Waals surface area contributed by atoms with Gasteiger partial charge in [-0.05, 0) is 12.8 Å². The number of rotatable bonds is 1. The van der Waals surface area contributed by atoms with Crippen molar-refractivity contribution in [2.45, 2.75) is 18.8 Å². The number of pyridine rings is 1. The highest BCUT2D eigenvalue weighted by Gasteiger charge is 2.26. The minimum Gasteiger partial charge on any atom is -0.340 e. The van der Waals surface area contributed by atoms with Crippen LogP contribution in [-0.2, 0) is 0 Å². The van der Waals surface area contributed by atoms with Gasteiger partial charge in [0, 0.05) is 12.0 Å². The van der Waals surface area contributed by atoms with Crippen LogP contribution in [0.1, 0.15) is 24.6 Å². The third-order valence-electron chi connectivity index (χ3n) is 2.29. The number of halogens is 1. The lowest BCUT2D eigenvalue weighted by molar-refractivity contribution is 0.624. The molecule has 0 saturated heterocycles. The lowest BCUT2D eigenvalue weighted by Gasteiger charge is -1.85. The molecular formula is C9H8FN3. The lowest BCUT2D eigenvalue weighted by atomic mass is 10.4. The number of hydrogen-bond donors (Lipinski definition) is 1. The quantitative estimate of drug-likeness (QED) is 0.723. The first kappa shape index (κ1) is 7.00. The molecule has 1 N–H and O–H groups in total. The summed E-state index contributed by atoms with van der Waals surface area (Å²) >= 11 is 0. The van der Waals surface area contributed by atoms with E-state index < -0.39 is 0 Å². The molecule has 1 aliphatic rings. The van der Waals surface area contributed by atoms with Gasteiger partial charge in [0.1, 0.15) is 11.6 Å². The monoisotopic (exact) mass is 177 g/mol. The zero-order chi connectivity index (χ0) is 8.84. The van der Waals surface area contributed by atoms with Crippen LogP contribution in [0, 0.1) is 5.82 Å². The first-order valence-corrected chi connectivity index (χ1v) is 4.34. The molecule has 0 unspecified atom stereocenters. The van der Waals surface area contributed by atoms with Gasteiger partial charge >= 0.3 is 0 Å². The topological polar surface area (TPSA) is 41.6 Å². The molecule has 1 fully saturated rings. The van der Waals surface area contributed by atoms with Crippen molar-refractivity contribution in [2.75, 3.05) is 0 Å². The highest BCUT2D eigenvalue weighted by atomic mass is 19.1. The number of imidazole rings is 1. The molecule has 2 aromatic rings. The predicted molar refractivity (Wildman–Crippen MR) is 45.8 cm³/mol. The number of fused-ring (bicyclic) bond motifs is 1. The minimum absolute atomic E-state index is 0.321. The molecule has 1 saturated carbocycles. The van der Waals surface area contributed by atoms with E-state index in [-0.39, 0.29) is 5.82 Å².